The first-order chi connectivity index (χ1) is 19.1. The normalized spacial score (nSPS) is 33.1. The molecule has 4 aliphatic heterocycles. The van der Waals surface area contributed by atoms with Gasteiger partial charge in [0.25, 0.3) is 0 Å². The average molecular weight is 566 g/mol. The summed E-state index contributed by atoms with van der Waals surface area (Å²) in [5.41, 5.74) is 0.797. The molecule has 8 heteroatoms. The van der Waals surface area contributed by atoms with Crippen molar-refractivity contribution in [1.29, 1.82) is 0 Å². The Balaban J connectivity index is 1.65. The molecule has 0 saturated carbocycles. The van der Waals surface area contributed by atoms with Crippen molar-refractivity contribution in [2.75, 3.05) is 24.6 Å². The highest BCUT2D eigenvalue weighted by Gasteiger charge is 2.74. The van der Waals surface area contributed by atoms with Crippen LogP contribution in [0.5, 0.6) is 0 Å². The molecule has 1 spiro atoms. The lowest BCUT2D eigenvalue weighted by Gasteiger charge is -2.41. The summed E-state index contributed by atoms with van der Waals surface area (Å²) in [4.78, 5) is 49.1. The number of anilines is 1. The molecule has 1 N–H and O–H groups in total. The summed E-state index contributed by atoms with van der Waals surface area (Å²) in [5, 5.41) is 10.6. The number of carbonyl (C=O) groups is 3. The minimum Gasteiger partial charge on any atom is -0.394 e. The Morgan fingerprint density at radius 2 is 1.68 bits per heavy atom. The molecule has 5 rings (SSSR count). The van der Waals surface area contributed by atoms with Crippen molar-refractivity contribution in [1.82, 2.24) is 9.80 Å². The molecule has 7 nitrogen and oxygen atoms in total. The second-order valence-corrected chi connectivity index (χ2v) is 14.2. The van der Waals surface area contributed by atoms with E-state index < -0.39 is 33.4 Å². The number of likely N-dealkylation sites (tertiary alicyclic amines) is 1. The largest absolute Gasteiger partial charge is 0.394 e. The topological polar surface area (TPSA) is 81.2 Å². The molecule has 4 heterocycles. The third kappa shape index (κ3) is 4.51. The number of hydrogen-bond donors (Lipinski definition) is 1. The molecule has 216 valence electrons. The van der Waals surface area contributed by atoms with Gasteiger partial charge in [-0.05, 0) is 44.7 Å². The Morgan fingerprint density at radius 3 is 2.33 bits per heavy atom. The number of fused-ring (bicyclic) bond motifs is 2. The number of rotatable bonds is 8. The van der Waals surface area contributed by atoms with Gasteiger partial charge in [0.05, 0.1) is 29.2 Å². The van der Waals surface area contributed by atoms with Crippen molar-refractivity contribution in [2.45, 2.75) is 81.5 Å². The number of benzene rings is 1. The van der Waals surface area contributed by atoms with Gasteiger partial charge in [0.15, 0.2) is 0 Å². The summed E-state index contributed by atoms with van der Waals surface area (Å²) >= 11 is 1.60. The fraction of sp³-hybridized carbons (Fsp3) is 0.594. The Morgan fingerprint density at radius 1 is 0.975 bits per heavy atom. The van der Waals surface area contributed by atoms with Gasteiger partial charge in [-0.3, -0.25) is 14.4 Å². The average Bonchev–Trinajstić information content (AvgIpc) is 3.19. The molecule has 0 radical (unpaired) electrons. The van der Waals surface area contributed by atoms with Crippen LogP contribution >= 0.6 is 11.8 Å². The molecule has 2 saturated heterocycles. The number of carbonyl (C=O) groups excluding carboxylic acids is 3. The van der Waals surface area contributed by atoms with Gasteiger partial charge in [-0.2, -0.15) is 0 Å². The van der Waals surface area contributed by atoms with Gasteiger partial charge in [0.1, 0.15) is 6.04 Å². The maximum Gasteiger partial charge on any atom is 0.247 e. The van der Waals surface area contributed by atoms with Gasteiger partial charge in [-0.25, -0.2) is 0 Å². The SMILES string of the molecule is CCCC(C)N1CC=C[C@]23S[C@]4(C)C=CCN(c5ccccc5)C(=O)[C@@H]4[C@H]2C(=O)N([C@@H](CO)CC(C)C)C3C1=O. The number of hydrogen-bond acceptors (Lipinski definition) is 5. The Labute approximate surface area is 242 Å². The summed E-state index contributed by atoms with van der Waals surface area (Å²) in [7, 11) is 0. The van der Waals surface area contributed by atoms with Gasteiger partial charge in [0.2, 0.25) is 17.7 Å². The lowest BCUT2D eigenvalue weighted by Crippen LogP contribution is -2.58. The molecule has 0 bridgehead atoms. The predicted molar refractivity (Wildman–Crippen MR) is 160 cm³/mol. The molecule has 4 aliphatic rings. The van der Waals surface area contributed by atoms with Crippen LogP contribution in [0.15, 0.2) is 54.6 Å². The molecule has 2 fully saturated rings. The first-order valence-electron chi connectivity index (χ1n) is 14.7. The van der Waals surface area contributed by atoms with Gasteiger partial charge >= 0.3 is 0 Å². The van der Waals surface area contributed by atoms with Crippen LogP contribution < -0.4 is 4.90 Å². The minimum absolute atomic E-state index is 0.0218. The number of para-hydroxylation sites is 1. The number of aliphatic hydroxyl groups is 1. The fourth-order valence-corrected chi connectivity index (χ4v) is 9.65. The highest BCUT2D eigenvalue weighted by Crippen LogP contribution is 2.66. The third-order valence-electron chi connectivity index (χ3n) is 9.18. The Kier molecular flexibility index (Phi) is 7.96. The van der Waals surface area contributed by atoms with Crippen molar-refractivity contribution in [3.05, 3.63) is 54.6 Å². The minimum atomic E-state index is -0.904. The fourth-order valence-electron chi connectivity index (χ4n) is 7.50. The van der Waals surface area contributed by atoms with E-state index in [1.807, 2.05) is 54.3 Å². The highest BCUT2D eigenvalue weighted by atomic mass is 32.2. The smallest absolute Gasteiger partial charge is 0.247 e. The molecule has 2 unspecified atom stereocenters. The Bertz CT molecular complexity index is 1200. The van der Waals surface area contributed by atoms with E-state index in [0.29, 0.717) is 19.5 Å². The number of aliphatic hydroxyl groups excluding tert-OH is 1. The van der Waals surface area contributed by atoms with Crippen molar-refractivity contribution in [2.24, 2.45) is 17.8 Å². The molecular formula is C32H43N3O4S. The monoisotopic (exact) mass is 565 g/mol. The zero-order valence-corrected chi connectivity index (χ0v) is 25.1. The molecular weight excluding hydrogens is 522 g/mol. The number of amides is 3. The van der Waals surface area contributed by atoms with Gasteiger partial charge in [0, 0.05) is 29.6 Å². The maximum absolute atomic E-state index is 14.7. The lowest BCUT2D eigenvalue weighted by atomic mass is 9.74. The molecule has 7 atom stereocenters. The molecule has 40 heavy (non-hydrogen) atoms. The molecule has 3 amide bonds. The summed E-state index contributed by atoms with van der Waals surface area (Å²) < 4.78 is -1.56. The Hall–Kier alpha value is -2.58. The summed E-state index contributed by atoms with van der Waals surface area (Å²) in [6.07, 6.45) is 10.6. The van der Waals surface area contributed by atoms with E-state index in [1.54, 1.807) is 21.6 Å². The second kappa shape index (κ2) is 11.0. The first kappa shape index (κ1) is 28.9. The van der Waals surface area contributed by atoms with E-state index >= 15 is 0 Å². The van der Waals surface area contributed by atoms with Crippen LogP contribution in [0.3, 0.4) is 0 Å². The van der Waals surface area contributed by atoms with Crippen LogP contribution in [-0.4, -0.2) is 79.9 Å². The van der Waals surface area contributed by atoms with Crippen LogP contribution in [0, 0.1) is 17.8 Å². The lowest BCUT2D eigenvalue weighted by molar-refractivity contribution is -0.147. The highest BCUT2D eigenvalue weighted by molar-refractivity contribution is 8.02. The zero-order valence-electron chi connectivity index (χ0n) is 24.3. The van der Waals surface area contributed by atoms with Gasteiger partial charge < -0.3 is 19.8 Å². The van der Waals surface area contributed by atoms with Crippen molar-refractivity contribution >= 4 is 35.2 Å². The third-order valence-corrected chi connectivity index (χ3v) is 11.0. The van der Waals surface area contributed by atoms with Crippen LogP contribution in [-0.2, 0) is 14.4 Å². The van der Waals surface area contributed by atoms with E-state index in [0.717, 1.165) is 18.5 Å². The van der Waals surface area contributed by atoms with E-state index in [4.69, 9.17) is 0 Å². The summed E-state index contributed by atoms with van der Waals surface area (Å²) in [6, 6.07) is 8.34. The summed E-state index contributed by atoms with van der Waals surface area (Å²) in [6.45, 7) is 11.0. The molecule has 0 aliphatic carbocycles. The number of nitrogens with zero attached hydrogens (tertiary/aromatic N) is 3. The van der Waals surface area contributed by atoms with Crippen LogP contribution in [0.1, 0.15) is 53.9 Å². The van der Waals surface area contributed by atoms with E-state index in [-0.39, 0.29) is 36.3 Å². The van der Waals surface area contributed by atoms with E-state index in [1.165, 1.54) is 0 Å². The van der Waals surface area contributed by atoms with Crippen LogP contribution in [0.25, 0.3) is 0 Å². The van der Waals surface area contributed by atoms with Gasteiger partial charge in [-0.15, -0.1) is 11.8 Å². The van der Waals surface area contributed by atoms with E-state index in [9.17, 15) is 19.5 Å². The molecule has 1 aromatic carbocycles. The van der Waals surface area contributed by atoms with Crippen molar-refractivity contribution in [3.8, 4) is 0 Å². The standard InChI is InChI=1S/C32H43N3O4S/c1-6-12-22(4)33-17-11-16-32-26(29(38)35(27(32)30(33)39)24(20-36)19-21(2)3)25-28(37)34(23-13-8-7-9-14-23)18-10-15-31(25,5)40-32/h7-11,13-16,21-22,24-27,36H,6,12,17-20H2,1-5H3/t22?,24-,25+,26+,27?,31-,32+/m1/s1. The quantitative estimate of drug-likeness (QED) is 0.476. The van der Waals surface area contributed by atoms with E-state index in [2.05, 4.69) is 39.8 Å². The molecule has 0 aromatic heterocycles. The summed E-state index contributed by atoms with van der Waals surface area (Å²) in [5.74, 6) is -1.49. The zero-order chi connectivity index (χ0) is 28.8. The van der Waals surface area contributed by atoms with Crippen molar-refractivity contribution < 1.29 is 19.5 Å². The first-order valence-corrected chi connectivity index (χ1v) is 15.6. The number of thioether (sulfide) groups is 1. The predicted octanol–water partition coefficient (Wildman–Crippen LogP) is 4.27. The van der Waals surface area contributed by atoms with Gasteiger partial charge in [-0.1, -0.05) is 69.7 Å². The maximum atomic E-state index is 14.7. The molecule has 1 aromatic rings. The van der Waals surface area contributed by atoms with Crippen LogP contribution in [0.2, 0.25) is 0 Å². The van der Waals surface area contributed by atoms with Crippen molar-refractivity contribution in [3.63, 3.8) is 0 Å². The second-order valence-electron chi connectivity index (χ2n) is 12.4. The van der Waals surface area contributed by atoms with Crippen LogP contribution in [0.4, 0.5) is 5.69 Å².